The Bertz CT molecular complexity index is 964. The number of aliphatic hydroxyl groups excluding tert-OH is 1. The largest absolute Gasteiger partial charge is 0.480 e. The summed E-state index contributed by atoms with van der Waals surface area (Å²) in [5, 5.41) is 24.0. The highest BCUT2D eigenvalue weighted by Crippen LogP contribution is 2.44. The van der Waals surface area contributed by atoms with E-state index >= 15 is 0 Å². The van der Waals surface area contributed by atoms with Crippen LogP contribution in [0.2, 0.25) is 0 Å². The van der Waals surface area contributed by atoms with Gasteiger partial charge in [-0.05, 0) is 36.3 Å². The molecule has 33 heavy (non-hydrogen) atoms. The number of nitrogens with one attached hydrogen (secondary N) is 2. The average Bonchev–Trinajstić information content (AvgIpc) is 3.09. The van der Waals surface area contributed by atoms with Gasteiger partial charge in [-0.3, -0.25) is 4.79 Å². The molecule has 0 radical (unpaired) electrons. The molecule has 2 amide bonds. The van der Waals surface area contributed by atoms with Crippen molar-refractivity contribution in [2.75, 3.05) is 33.8 Å². The van der Waals surface area contributed by atoms with E-state index in [9.17, 15) is 24.6 Å². The monoisotopic (exact) mass is 455 g/mol. The Morgan fingerprint density at radius 1 is 1.03 bits per heavy atom. The van der Waals surface area contributed by atoms with Crippen LogP contribution in [0.3, 0.4) is 0 Å². The highest BCUT2D eigenvalue weighted by molar-refractivity contribution is 5.84. The minimum Gasteiger partial charge on any atom is -0.480 e. The number of carboxylic acids is 1. The molecule has 0 aliphatic heterocycles. The van der Waals surface area contributed by atoms with Crippen LogP contribution in [0.1, 0.15) is 23.5 Å². The van der Waals surface area contributed by atoms with Crippen LogP contribution in [0.25, 0.3) is 11.1 Å². The summed E-state index contributed by atoms with van der Waals surface area (Å²) in [7, 11) is 3.38. The third kappa shape index (κ3) is 6.30. The molecular formula is C24H29N3O6. The Kier molecular flexibility index (Phi) is 8.02. The molecule has 0 saturated heterocycles. The molecule has 0 aromatic heterocycles. The van der Waals surface area contributed by atoms with Gasteiger partial charge in [0, 0.05) is 19.0 Å². The van der Waals surface area contributed by atoms with Crippen LogP contribution < -0.4 is 10.6 Å². The van der Waals surface area contributed by atoms with Gasteiger partial charge < -0.3 is 30.5 Å². The first kappa shape index (κ1) is 24.2. The molecule has 0 spiro atoms. The van der Waals surface area contributed by atoms with Crippen molar-refractivity contribution in [2.24, 2.45) is 0 Å². The quantitative estimate of drug-likeness (QED) is 0.426. The van der Waals surface area contributed by atoms with Crippen LogP contribution in [-0.4, -0.2) is 79.0 Å². The van der Waals surface area contributed by atoms with E-state index in [0.717, 1.165) is 22.3 Å². The predicted molar refractivity (Wildman–Crippen MR) is 122 cm³/mol. The Balaban J connectivity index is 1.46. The lowest BCUT2D eigenvalue weighted by Gasteiger charge is -2.19. The van der Waals surface area contributed by atoms with Crippen molar-refractivity contribution < 1.29 is 29.3 Å². The zero-order chi connectivity index (χ0) is 24.0. The molecule has 3 rings (SSSR count). The Hall–Kier alpha value is -3.43. The first-order valence-electron chi connectivity index (χ1n) is 10.7. The zero-order valence-corrected chi connectivity index (χ0v) is 18.7. The number of aliphatic carboxylic acids is 1. The normalized spacial score (nSPS) is 14.2. The summed E-state index contributed by atoms with van der Waals surface area (Å²) in [6.45, 7) is 0.0615. The van der Waals surface area contributed by atoms with Gasteiger partial charge in [0.1, 0.15) is 12.6 Å². The number of carboxylic acid groups (broad SMARTS) is 1. The smallest absolute Gasteiger partial charge is 0.407 e. The minimum absolute atomic E-state index is 0.0801. The second-order valence-corrected chi connectivity index (χ2v) is 8.28. The summed E-state index contributed by atoms with van der Waals surface area (Å²) >= 11 is 0. The number of likely N-dealkylation sites (N-methyl/N-ethyl adjacent to an activating group) is 1. The molecular weight excluding hydrogens is 426 g/mol. The van der Waals surface area contributed by atoms with Gasteiger partial charge in [-0.1, -0.05) is 48.5 Å². The van der Waals surface area contributed by atoms with Crippen molar-refractivity contribution in [2.45, 2.75) is 24.5 Å². The van der Waals surface area contributed by atoms with E-state index in [2.05, 4.69) is 10.6 Å². The number of rotatable bonds is 10. The molecule has 4 N–H and O–H groups in total. The SMILES string of the molecule is CN(C)CC(NC(=O)CC(O)CNC(=O)OCC1c2ccccc2-c2ccccc21)C(=O)O. The molecule has 0 heterocycles. The summed E-state index contributed by atoms with van der Waals surface area (Å²) < 4.78 is 5.39. The van der Waals surface area contributed by atoms with Crippen molar-refractivity contribution in [3.8, 4) is 11.1 Å². The molecule has 2 aromatic carbocycles. The number of nitrogens with zero attached hydrogens (tertiary/aromatic N) is 1. The second kappa shape index (κ2) is 10.9. The Morgan fingerprint density at radius 2 is 1.61 bits per heavy atom. The number of fused-ring (bicyclic) bond motifs is 3. The fourth-order valence-electron chi connectivity index (χ4n) is 3.94. The molecule has 9 heteroatoms. The molecule has 2 unspecified atom stereocenters. The van der Waals surface area contributed by atoms with E-state index in [0.29, 0.717) is 0 Å². The zero-order valence-electron chi connectivity index (χ0n) is 18.7. The molecule has 9 nitrogen and oxygen atoms in total. The first-order valence-corrected chi connectivity index (χ1v) is 10.7. The van der Waals surface area contributed by atoms with Crippen LogP contribution in [-0.2, 0) is 14.3 Å². The maximum absolute atomic E-state index is 12.2. The third-order valence-electron chi connectivity index (χ3n) is 5.43. The van der Waals surface area contributed by atoms with Gasteiger partial charge in [0.2, 0.25) is 5.91 Å². The molecule has 2 atom stereocenters. The van der Waals surface area contributed by atoms with Gasteiger partial charge in [0.05, 0.1) is 12.5 Å². The van der Waals surface area contributed by atoms with Crippen molar-refractivity contribution >= 4 is 18.0 Å². The standard InChI is InChI=1S/C24H29N3O6/c1-27(2)13-21(23(30)31)26-22(29)11-15(28)12-25-24(32)33-14-20-18-9-5-3-7-16(18)17-8-4-6-10-19(17)20/h3-10,15,20-21,28H,11-14H2,1-2H3,(H,25,32)(H,26,29)(H,30,31). The summed E-state index contributed by atoms with van der Waals surface area (Å²) in [4.78, 5) is 37.1. The summed E-state index contributed by atoms with van der Waals surface area (Å²) in [5.74, 6) is -1.86. The Labute approximate surface area is 192 Å². The summed E-state index contributed by atoms with van der Waals surface area (Å²) in [5.41, 5.74) is 4.43. The van der Waals surface area contributed by atoms with Crippen molar-refractivity contribution in [3.05, 3.63) is 59.7 Å². The lowest BCUT2D eigenvalue weighted by Crippen LogP contribution is -2.48. The number of aliphatic hydroxyl groups is 1. The molecule has 0 bridgehead atoms. The number of carbonyl (C=O) groups excluding carboxylic acids is 2. The van der Waals surface area contributed by atoms with Crippen LogP contribution in [0, 0.1) is 0 Å². The number of hydrogen-bond acceptors (Lipinski definition) is 6. The average molecular weight is 456 g/mol. The molecule has 1 aliphatic carbocycles. The fourth-order valence-corrected chi connectivity index (χ4v) is 3.94. The van der Waals surface area contributed by atoms with E-state index in [-0.39, 0.29) is 32.0 Å². The van der Waals surface area contributed by atoms with Crippen LogP contribution >= 0.6 is 0 Å². The predicted octanol–water partition coefficient (Wildman–Crippen LogP) is 1.41. The van der Waals surface area contributed by atoms with E-state index in [4.69, 9.17) is 4.74 Å². The van der Waals surface area contributed by atoms with Crippen LogP contribution in [0.4, 0.5) is 4.79 Å². The number of benzene rings is 2. The van der Waals surface area contributed by atoms with Crippen molar-refractivity contribution in [1.29, 1.82) is 0 Å². The molecule has 1 aliphatic rings. The highest BCUT2D eigenvalue weighted by atomic mass is 16.5. The maximum Gasteiger partial charge on any atom is 0.407 e. The maximum atomic E-state index is 12.2. The first-order chi connectivity index (χ1) is 15.8. The second-order valence-electron chi connectivity index (χ2n) is 8.28. The number of amides is 2. The van der Waals surface area contributed by atoms with E-state index < -0.39 is 30.1 Å². The number of carbonyl (C=O) groups is 3. The molecule has 2 aromatic rings. The number of ether oxygens (including phenoxy) is 1. The summed E-state index contributed by atoms with van der Waals surface area (Å²) in [6, 6.07) is 14.9. The van der Waals surface area contributed by atoms with Gasteiger partial charge in [-0.15, -0.1) is 0 Å². The lowest BCUT2D eigenvalue weighted by atomic mass is 9.98. The van der Waals surface area contributed by atoms with Crippen LogP contribution in [0.15, 0.2) is 48.5 Å². The van der Waals surface area contributed by atoms with Gasteiger partial charge in [0.15, 0.2) is 0 Å². The van der Waals surface area contributed by atoms with Crippen molar-refractivity contribution in [3.63, 3.8) is 0 Å². The fraction of sp³-hybridized carbons (Fsp3) is 0.375. The van der Waals surface area contributed by atoms with Gasteiger partial charge in [-0.2, -0.15) is 0 Å². The minimum atomic E-state index is -1.18. The molecule has 176 valence electrons. The lowest BCUT2D eigenvalue weighted by molar-refractivity contribution is -0.142. The van der Waals surface area contributed by atoms with Gasteiger partial charge >= 0.3 is 12.1 Å². The number of hydrogen-bond donors (Lipinski definition) is 4. The molecule has 0 fully saturated rings. The Morgan fingerprint density at radius 3 is 2.15 bits per heavy atom. The van der Waals surface area contributed by atoms with E-state index in [1.165, 1.54) is 0 Å². The van der Waals surface area contributed by atoms with Crippen molar-refractivity contribution in [1.82, 2.24) is 15.5 Å². The van der Waals surface area contributed by atoms with Crippen LogP contribution in [0.5, 0.6) is 0 Å². The highest BCUT2D eigenvalue weighted by Gasteiger charge is 2.29. The number of alkyl carbamates (subject to hydrolysis) is 1. The summed E-state index contributed by atoms with van der Waals surface area (Å²) in [6.07, 6.45) is -2.23. The third-order valence-corrected chi connectivity index (χ3v) is 5.43. The van der Waals surface area contributed by atoms with Gasteiger partial charge in [-0.25, -0.2) is 9.59 Å². The van der Waals surface area contributed by atoms with E-state index in [1.54, 1.807) is 19.0 Å². The van der Waals surface area contributed by atoms with Gasteiger partial charge in [0.25, 0.3) is 0 Å². The van der Waals surface area contributed by atoms with E-state index in [1.807, 2.05) is 48.5 Å². The molecule has 0 saturated carbocycles. The topological polar surface area (TPSA) is 128 Å².